The number of rotatable bonds is 1. The van der Waals surface area contributed by atoms with E-state index in [4.69, 9.17) is 35.4 Å². The van der Waals surface area contributed by atoms with E-state index in [0.717, 1.165) is 4.90 Å². The fourth-order valence-corrected chi connectivity index (χ4v) is 2.26. The Morgan fingerprint density at radius 1 is 1.37 bits per heavy atom. The van der Waals surface area contributed by atoms with Crippen molar-refractivity contribution in [2.24, 2.45) is 0 Å². The second-order valence-corrected chi connectivity index (χ2v) is 5.02. The molecule has 1 aromatic carbocycles. The van der Waals surface area contributed by atoms with E-state index >= 15 is 0 Å². The Balaban J connectivity index is 2.45. The molecule has 98 valence electrons. The zero-order chi connectivity index (χ0) is 14.2. The molecule has 1 N–H and O–H groups in total. The number of amides is 2. The molecule has 1 saturated heterocycles. The monoisotopic (exact) mass is 314 g/mol. The minimum atomic E-state index is -0.425. The maximum absolute atomic E-state index is 11.7. The zero-order valence-electron chi connectivity index (χ0n) is 9.74. The summed E-state index contributed by atoms with van der Waals surface area (Å²) in [6, 6.07) is 4.90. The maximum Gasteiger partial charge on any atom is 0.274 e. The summed E-state index contributed by atoms with van der Waals surface area (Å²) in [6.07, 6.45) is 1.53. The molecule has 1 aromatic rings. The summed E-state index contributed by atoms with van der Waals surface area (Å²) in [5.74, 6) is -0.763. The van der Waals surface area contributed by atoms with E-state index in [2.05, 4.69) is 5.32 Å². The van der Waals surface area contributed by atoms with Crippen LogP contribution in [0.4, 0.5) is 0 Å². The highest BCUT2D eigenvalue weighted by atomic mass is 35.5. The van der Waals surface area contributed by atoms with E-state index in [9.17, 15) is 9.59 Å². The van der Waals surface area contributed by atoms with Crippen LogP contribution in [-0.4, -0.2) is 21.8 Å². The van der Waals surface area contributed by atoms with Crippen LogP contribution in [0.15, 0.2) is 23.9 Å². The van der Waals surface area contributed by atoms with E-state index in [1.54, 1.807) is 18.2 Å². The van der Waals surface area contributed by atoms with Crippen LogP contribution in [0.1, 0.15) is 12.5 Å². The van der Waals surface area contributed by atoms with E-state index in [1.807, 2.05) is 0 Å². The lowest BCUT2D eigenvalue weighted by Gasteiger charge is -2.12. The molecular formula is C12H8Cl2N2O2S. The molecular weight excluding hydrogens is 307 g/mol. The Kier molecular flexibility index (Phi) is 3.89. The van der Waals surface area contributed by atoms with Gasteiger partial charge in [0.05, 0.1) is 10.0 Å². The molecule has 1 heterocycles. The molecule has 1 aliphatic heterocycles. The van der Waals surface area contributed by atoms with Gasteiger partial charge in [0.1, 0.15) is 5.70 Å². The average Bonchev–Trinajstić information content (AvgIpc) is 2.59. The van der Waals surface area contributed by atoms with Crippen molar-refractivity contribution in [1.29, 1.82) is 0 Å². The van der Waals surface area contributed by atoms with Crippen molar-refractivity contribution < 1.29 is 9.59 Å². The van der Waals surface area contributed by atoms with Gasteiger partial charge in [-0.25, -0.2) is 0 Å². The Hall–Kier alpha value is -1.43. The zero-order valence-corrected chi connectivity index (χ0v) is 12.1. The van der Waals surface area contributed by atoms with Gasteiger partial charge in [0.25, 0.3) is 5.91 Å². The normalized spacial score (nSPS) is 17.0. The van der Waals surface area contributed by atoms with Crippen molar-refractivity contribution in [2.45, 2.75) is 6.92 Å². The van der Waals surface area contributed by atoms with Crippen molar-refractivity contribution in [2.75, 3.05) is 0 Å². The topological polar surface area (TPSA) is 49.4 Å². The van der Waals surface area contributed by atoms with E-state index in [-0.39, 0.29) is 16.7 Å². The van der Waals surface area contributed by atoms with Crippen molar-refractivity contribution in [1.82, 2.24) is 10.2 Å². The molecule has 19 heavy (non-hydrogen) atoms. The Labute approximate surface area is 125 Å². The lowest BCUT2D eigenvalue weighted by atomic mass is 10.2. The fraction of sp³-hybridized carbons (Fsp3) is 0.0833. The Morgan fingerprint density at radius 2 is 2.05 bits per heavy atom. The molecule has 0 radical (unpaired) electrons. The summed E-state index contributed by atoms with van der Waals surface area (Å²) in [4.78, 5) is 24.4. The fourth-order valence-electron chi connectivity index (χ4n) is 1.63. The predicted molar refractivity (Wildman–Crippen MR) is 77.7 cm³/mol. The number of hydrogen-bond acceptors (Lipinski definition) is 3. The van der Waals surface area contributed by atoms with Crippen LogP contribution in [0.2, 0.25) is 10.0 Å². The smallest absolute Gasteiger partial charge is 0.274 e. The summed E-state index contributed by atoms with van der Waals surface area (Å²) in [5, 5.41) is 3.27. The first-order valence-corrected chi connectivity index (χ1v) is 6.39. The summed E-state index contributed by atoms with van der Waals surface area (Å²) in [7, 11) is 0. The molecule has 0 aromatic heterocycles. The second-order valence-electron chi connectivity index (χ2n) is 3.82. The molecule has 0 atom stereocenters. The molecule has 0 unspecified atom stereocenters. The molecule has 0 aliphatic carbocycles. The Bertz CT molecular complexity index is 628. The lowest BCUT2D eigenvalue weighted by molar-refractivity contribution is -0.125. The van der Waals surface area contributed by atoms with Gasteiger partial charge in [-0.3, -0.25) is 19.8 Å². The van der Waals surface area contributed by atoms with Crippen molar-refractivity contribution in [3.05, 3.63) is 39.5 Å². The summed E-state index contributed by atoms with van der Waals surface area (Å²) >= 11 is 16.6. The van der Waals surface area contributed by atoms with Gasteiger partial charge >= 0.3 is 0 Å². The third kappa shape index (κ3) is 2.78. The van der Waals surface area contributed by atoms with Gasteiger partial charge in [-0.15, -0.1) is 0 Å². The van der Waals surface area contributed by atoms with E-state index in [0.29, 0.717) is 15.6 Å². The minimum absolute atomic E-state index is 0.0730. The molecule has 7 heteroatoms. The molecule has 1 aliphatic rings. The molecule has 0 spiro atoms. The number of carbonyl (C=O) groups is 2. The SMILES string of the molecule is CC(=O)N1C(=S)NC(=O)/C1=C\c1ccc(Cl)c(Cl)c1. The first-order chi connectivity index (χ1) is 8.90. The van der Waals surface area contributed by atoms with Crippen LogP contribution in [0.3, 0.4) is 0 Å². The highest BCUT2D eigenvalue weighted by Gasteiger charge is 2.32. The van der Waals surface area contributed by atoms with Crippen LogP contribution in [0.25, 0.3) is 6.08 Å². The van der Waals surface area contributed by atoms with Crippen LogP contribution < -0.4 is 5.32 Å². The van der Waals surface area contributed by atoms with Gasteiger partial charge in [-0.1, -0.05) is 29.3 Å². The first-order valence-electron chi connectivity index (χ1n) is 5.23. The molecule has 1 fully saturated rings. The van der Waals surface area contributed by atoms with Crippen LogP contribution in [-0.2, 0) is 9.59 Å². The third-order valence-electron chi connectivity index (χ3n) is 2.46. The quantitative estimate of drug-likeness (QED) is 0.640. The highest BCUT2D eigenvalue weighted by molar-refractivity contribution is 7.80. The second kappa shape index (κ2) is 5.28. The number of carbonyl (C=O) groups excluding carboxylic acids is 2. The molecule has 2 rings (SSSR count). The van der Waals surface area contributed by atoms with Crippen molar-refractivity contribution in [3.8, 4) is 0 Å². The highest BCUT2D eigenvalue weighted by Crippen LogP contribution is 2.25. The molecule has 0 bridgehead atoms. The molecule has 0 saturated carbocycles. The van der Waals surface area contributed by atoms with E-state index < -0.39 is 5.91 Å². The molecule has 4 nitrogen and oxygen atoms in total. The number of hydrogen-bond donors (Lipinski definition) is 1. The van der Waals surface area contributed by atoms with Crippen LogP contribution in [0.5, 0.6) is 0 Å². The van der Waals surface area contributed by atoms with Crippen molar-refractivity contribution in [3.63, 3.8) is 0 Å². The largest absolute Gasteiger partial charge is 0.297 e. The lowest BCUT2D eigenvalue weighted by Crippen LogP contribution is -2.31. The number of halogens is 2. The van der Waals surface area contributed by atoms with Gasteiger partial charge in [0.2, 0.25) is 5.91 Å². The predicted octanol–water partition coefficient (Wildman–Crippen LogP) is 2.60. The Morgan fingerprint density at radius 3 is 2.63 bits per heavy atom. The van der Waals surface area contributed by atoms with Gasteiger partial charge in [0, 0.05) is 6.92 Å². The van der Waals surface area contributed by atoms with E-state index in [1.165, 1.54) is 13.0 Å². The maximum atomic E-state index is 11.7. The number of thiocarbonyl (C=S) groups is 1. The average molecular weight is 315 g/mol. The van der Waals surface area contributed by atoms with Gasteiger partial charge < -0.3 is 0 Å². The third-order valence-corrected chi connectivity index (χ3v) is 3.48. The van der Waals surface area contributed by atoms with Crippen LogP contribution >= 0.6 is 35.4 Å². The standard InChI is InChI=1S/C12H8Cl2N2O2S/c1-6(17)16-10(11(18)15-12(16)19)5-7-2-3-8(13)9(14)4-7/h2-5H,1H3,(H,15,18,19)/b10-5+. The number of benzene rings is 1. The van der Waals surface area contributed by atoms with Crippen LogP contribution in [0, 0.1) is 0 Å². The number of nitrogens with one attached hydrogen (secondary N) is 1. The number of nitrogens with zero attached hydrogens (tertiary/aromatic N) is 1. The van der Waals surface area contributed by atoms with Crippen molar-refractivity contribution >= 4 is 58.4 Å². The van der Waals surface area contributed by atoms with Gasteiger partial charge in [0.15, 0.2) is 5.11 Å². The van der Waals surface area contributed by atoms with Gasteiger partial charge in [-0.2, -0.15) is 0 Å². The minimum Gasteiger partial charge on any atom is -0.297 e. The van der Waals surface area contributed by atoms with Gasteiger partial charge in [-0.05, 0) is 36.0 Å². The summed E-state index contributed by atoms with van der Waals surface area (Å²) in [6.45, 7) is 1.33. The summed E-state index contributed by atoms with van der Waals surface area (Å²) < 4.78 is 0. The summed E-state index contributed by atoms with van der Waals surface area (Å²) in [5.41, 5.74) is 0.811. The molecule has 2 amide bonds. The first kappa shape index (κ1) is 14.0.